The van der Waals surface area contributed by atoms with E-state index < -0.39 is 5.60 Å². The molecule has 4 bridgehead atoms. The molecule has 1 amide bonds. The van der Waals surface area contributed by atoms with Crippen LogP contribution in [0.25, 0.3) is 27.5 Å². The van der Waals surface area contributed by atoms with Crippen LogP contribution in [-0.4, -0.2) is 93.1 Å². The first kappa shape index (κ1) is 38.8. The predicted octanol–water partition coefficient (Wildman–Crippen LogP) is 8.85. The number of piperidine rings is 2. The van der Waals surface area contributed by atoms with Crippen molar-refractivity contribution in [2.75, 3.05) is 16.0 Å². The fraction of sp³-hybridized carbons (Fsp3) is 0.511. The lowest BCUT2D eigenvalue weighted by Crippen LogP contribution is -2.51. The van der Waals surface area contributed by atoms with Gasteiger partial charge in [-0.05, 0) is 131 Å². The van der Waals surface area contributed by atoms with E-state index in [2.05, 4.69) is 60.3 Å². The first-order valence-corrected chi connectivity index (χ1v) is 21.2. The number of hydrogen-bond acceptors (Lipinski definition) is 12. The molecule has 59 heavy (non-hydrogen) atoms. The van der Waals surface area contributed by atoms with Gasteiger partial charge in [-0.2, -0.15) is 0 Å². The number of anilines is 4. The molecule has 4 aliphatic rings. The molecule has 4 aliphatic heterocycles. The minimum Gasteiger partial charge on any atom is -0.474 e. The Morgan fingerprint density at radius 2 is 1.34 bits per heavy atom. The summed E-state index contributed by atoms with van der Waals surface area (Å²) >= 11 is 0. The van der Waals surface area contributed by atoms with Gasteiger partial charge in [0.15, 0.2) is 11.7 Å². The van der Waals surface area contributed by atoms with E-state index in [0.717, 1.165) is 102 Å². The van der Waals surface area contributed by atoms with Crippen LogP contribution in [-0.2, 0) is 9.47 Å². The van der Waals surface area contributed by atoms with Crippen LogP contribution in [0.5, 0.6) is 0 Å². The van der Waals surface area contributed by atoms with Crippen LogP contribution in [0.15, 0.2) is 67.5 Å². The van der Waals surface area contributed by atoms with Crippen molar-refractivity contribution in [3.63, 3.8) is 0 Å². The zero-order valence-electron chi connectivity index (χ0n) is 35.3. The number of carbonyl (C=O) groups excluding carboxylic acids is 1. The van der Waals surface area contributed by atoms with E-state index in [9.17, 15) is 4.79 Å². The van der Waals surface area contributed by atoms with Crippen molar-refractivity contribution in [3.05, 3.63) is 73.1 Å². The van der Waals surface area contributed by atoms with Gasteiger partial charge >= 0.3 is 6.09 Å². The number of carbonyl (C=O) groups is 1. The third-order valence-corrected chi connectivity index (χ3v) is 12.1. The molecule has 9 rings (SSSR count). The third kappa shape index (κ3) is 7.93. The number of nitrogens with one attached hydrogen (secondary N) is 3. The smallest absolute Gasteiger partial charge is 0.410 e. The maximum atomic E-state index is 13.1. The summed E-state index contributed by atoms with van der Waals surface area (Å²) in [7, 11) is 0. The maximum Gasteiger partial charge on any atom is 0.410 e. The van der Waals surface area contributed by atoms with Gasteiger partial charge in [0, 0.05) is 77.2 Å². The van der Waals surface area contributed by atoms with Crippen molar-refractivity contribution in [2.45, 2.75) is 147 Å². The van der Waals surface area contributed by atoms with Crippen molar-refractivity contribution in [1.82, 2.24) is 39.5 Å². The lowest BCUT2D eigenvalue weighted by atomic mass is 9.97. The van der Waals surface area contributed by atoms with Gasteiger partial charge in [0.1, 0.15) is 39.9 Å². The zero-order chi connectivity index (χ0) is 41.2. The van der Waals surface area contributed by atoms with Crippen molar-refractivity contribution in [3.8, 4) is 5.69 Å². The Balaban J connectivity index is 0.921. The summed E-state index contributed by atoms with van der Waals surface area (Å²) in [6.45, 7) is 18.3. The first-order chi connectivity index (χ1) is 28.2. The van der Waals surface area contributed by atoms with Crippen LogP contribution in [0.3, 0.4) is 0 Å². The molecule has 310 valence electrons. The number of hydrogen-bond donors (Lipinski definition) is 3. The van der Waals surface area contributed by atoms with Crippen LogP contribution in [0.1, 0.15) is 98.6 Å². The second-order valence-corrected chi connectivity index (χ2v) is 18.8. The fourth-order valence-electron chi connectivity index (χ4n) is 9.89. The van der Waals surface area contributed by atoms with E-state index in [1.807, 2.05) is 73.9 Å². The number of amides is 1. The summed E-state index contributed by atoms with van der Waals surface area (Å²) in [4.78, 5) is 37.1. The highest BCUT2D eigenvalue weighted by Crippen LogP contribution is 2.41. The second kappa shape index (κ2) is 14.9. The monoisotopic (exact) mass is 799 g/mol. The Morgan fingerprint density at radius 3 is 1.98 bits per heavy atom. The zero-order valence-corrected chi connectivity index (χ0v) is 35.3. The molecule has 0 aliphatic carbocycles. The lowest BCUT2D eigenvalue weighted by Gasteiger charge is -2.42. The number of ether oxygens (including phenoxy) is 2. The van der Waals surface area contributed by atoms with Crippen LogP contribution < -0.4 is 16.0 Å². The summed E-state index contributed by atoms with van der Waals surface area (Å²) in [5.74, 6) is 3.68. The molecule has 14 heteroatoms. The van der Waals surface area contributed by atoms with Crippen LogP contribution in [0.2, 0.25) is 0 Å². The summed E-state index contributed by atoms with van der Waals surface area (Å²) in [5.41, 5.74) is 2.55. The largest absolute Gasteiger partial charge is 0.474 e. The number of aromatic nitrogens is 6. The summed E-state index contributed by atoms with van der Waals surface area (Å²) < 4.78 is 13.9. The van der Waals surface area contributed by atoms with Crippen molar-refractivity contribution in [2.24, 2.45) is 0 Å². The second-order valence-electron chi connectivity index (χ2n) is 18.8. The van der Waals surface area contributed by atoms with Gasteiger partial charge in [0.05, 0.1) is 11.7 Å². The molecule has 4 saturated heterocycles. The molecule has 5 aromatic rings. The van der Waals surface area contributed by atoms with E-state index in [1.165, 1.54) is 0 Å². The van der Waals surface area contributed by atoms with Crippen LogP contribution in [0, 0.1) is 6.92 Å². The van der Waals surface area contributed by atoms with Gasteiger partial charge in [0.2, 0.25) is 0 Å². The van der Waals surface area contributed by atoms with E-state index in [4.69, 9.17) is 34.5 Å². The van der Waals surface area contributed by atoms with Gasteiger partial charge in [-0.1, -0.05) is 0 Å². The van der Waals surface area contributed by atoms with E-state index >= 15 is 0 Å². The highest BCUT2D eigenvalue weighted by molar-refractivity contribution is 5.94. The number of pyridine rings is 4. The summed E-state index contributed by atoms with van der Waals surface area (Å²) in [6, 6.07) is 13.5. The predicted molar refractivity (Wildman–Crippen MR) is 231 cm³/mol. The molecular weight excluding hydrogens is 743 g/mol. The third-order valence-electron chi connectivity index (χ3n) is 12.1. The minimum atomic E-state index is -0.518. The number of aryl methyl sites for hydroxylation is 1. The number of nitrogens with zero attached hydrogens (tertiary/aromatic N) is 8. The van der Waals surface area contributed by atoms with Crippen molar-refractivity contribution in [1.29, 1.82) is 0 Å². The average molecular weight is 800 g/mol. The quantitative estimate of drug-likeness (QED) is 0.122. The molecule has 4 fully saturated rings. The van der Waals surface area contributed by atoms with Gasteiger partial charge in [-0.25, -0.2) is 19.4 Å². The topological polar surface area (TPSA) is 147 Å². The van der Waals surface area contributed by atoms with Gasteiger partial charge in [-0.15, -0.1) is 5.10 Å². The molecular formula is C45H57N11O3. The molecule has 6 atom stereocenters. The number of rotatable bonds is 9. The number of fused-ring (bicyclic) bond motifs is 6. The molecule has 5 aromatic heterocycles. The highest BCUT2D eigenvalue weighted by Gasteiger charge is 2.45. The van der Waals surface area contributed by atoms with Crippen molar-refractivity contribution < 1.29 is 14.3 Å². The molecule has 0 saturated carbocycles. The minimum absolute atomic E-state index is 0.148. The molecule has 14 nitrogen and oxygen atoms in total. The van der Waals surface area contributed by atoms with Crippen LogP contribution in [0.4, 0.5) is 28.1 Å². The van der Waals surface area contributed by atoms with E-state index in [0.29, 0.717) is 23.7 Å². The Morgan fingerprint density at radius 1 is 0.746 bits per heavy atom. The maximum absolute atomic E-state index is 13.1. The summed E-state index contributed by atoms with van der Waals surface area (Å²) in [6.07, 6.45) is 13.1. The Bertz CT molecular complexity index is 2370. The Hall–Kier alpha value is -5.66. The van der Waals surface area contributed by atoms with E-state index in [1.54, 1.807) is 6.20 Å². The molecule has 0 unspecified atom stereocenters. The molecule has 3 N–H and O–H groups in total. The van der Waals surface area contributed by atoms with Crippen molar-refractivity contribution >= 4 is 51.2 Å². The standard InChI is InChI=1S/C45H57N11O3/c1-26-19-39(51-38-24-36-34(11-9-17-46-36)42(52-38)50-29-20-30-13-14-31(21-29)54(30)27(2)58-44(3,4)5)53-56(26)37-25-48-41(35-12-10-18-47-40(35)37)49-28-22-32-15-16-33(23-28)55(32)43(57)59-45(6,7)8/h9-12,17-19,24-25,28-33H,2,13-16,20-23H2,1,3-8H3,(H,48,49)(H2,50,51,52,53)/t28-,29-,30-,31+,32-,33+. The summed E-state index contributed by atoms with van der Waals surface area (Å²) in [5, 5.41) is 17.9. The van der Waals surface area contributed by atoms with E-state index in [-0.39, 0.29) is 35.9 Å². The SMILES string of the molecule is C=C(OC(C)(C)C)N1[C@@H]2CC[C@H]1C[C@H](Nc1nc(Nc3cc(C)n(-c4cnc(N[C@@H]5C[C@H]6CC[C@@H](C5)N6C(=O)OC(C)(C)C)c5cccnc45)n3)cc3ncccc13)C2. The van der Waals surface area contributed by atoms with Gasteiger partial charge in [-0.3, -0.25) is 9.97 Å². The highest BCUT2D eigenvalue weighted by atomic mass is 16.6. The normalized spacial score (nSPS) is 24.1. The first-order valence-electron chi connectivity index (χ1n) is 21.2. The van der Waals surface area contributed by atoms with Crippen LogP contribution >= 0.6 is 0 Å². The fourth-order valence-corrected chi connectivity index (χ4v) is 9.89. The molecule has 9 heterocycles. The molecule has 0 spiro atoms. The van der Waals surface area contributed by atoms with Gasteiger partial charge in [0.25, 0.3) is 0 Å². The van der Waals surface area contributed by atoms with Gasteiger partial charge < -0.3 is 35.2 Å². The molecule has 0 aromatic carbocycles. The Labute approximate surface area is 346 Å². The lowest BCUT2D eigenvalue weighted by molar-refractivity contribution is -0.0205. The average Bonchev–Trinajstić information content (AvgIpc) is 3.77. The molecule has 0 radical (unpaired) electrons. The Kier molecular flexibility index (Phi) is 9.78.